The van der Waals surface area contributed by atoms with E-state index >= 15 is 0 Å². The molecule has 0 aliphatic heterocycles. The molecule has 33 heavy (non-hydrogen) atoms. The van der Waals surface area contributed by atoms with Crippen LogP contribution in [-0.4, -0.2) is 13.0 Å². The third kappa shape index (κ3) is 6.50. The molecule has 3 aromatic carbocycles. The van der Waals surface area contributed by atoms with Crippen LogP contribution in [0.1, 0.15) is 22.3 Å². The summed E-state index contributed by atoms with van der Waals surface area (Å²) < 4.78 is 12.3. The number of carbonyl (C=O) groups excluding carboxylic acids is 1. The first-order valence-corrected chi connectivity index (χ1v) is 11.5. The number of ether oxygens (including phenoxy) is 2. The highest BCUT2D eigenvalue weighted by Gasteiger charge is 2.15. The number of nitrogens with zero attached hydrogens (tertiary/aromatic N) is 1. The normalized spacial score (nSPS) is 11.0. The van der Waals surface area contributed by atoms with Gasteiger partial charge < -0.3 is 14.8 Å². The Morgan fingerprint density at radius 2 is 1.97 bits per heavy atom. The number of hydrogen-bond acceptors (Lipinski definition) is 4. The van der Waals surface area contributed by atoms with E-state index in [1.807, 2.05) is 62.4 Å². The fraction of sp³-hybridized carbons (Fsp3) is 0.154. The third-order valence-electron chi connectivity index (χ3n) is 4.84. The monoisotopic (exact) mass is 572 g/mol. The van der Waals surface area contributed by atoms with Gasteiger partial charge in [0.25, 0.3) is 5.91 Å². The molecular formula is C26H22ClIN2O3. The van der Waals surface area contributed by atoms with Crippen LogP contribution >= 0.6 is 34.2 Å². The Labute approximate surface area is 212 Å². The summed E-state index contributed by atoms with van der Waals surface area (Å²) in [4.78, 5) is 12.7. The largest absolute Gasteiger partial charge is 0.493 e. The highest BCUT2D eigenvalue weighted by molar-refractivity contribution is 14.1. The number of benzene rings is 3. The fourth-order valence-electron chi connectivity index (χ4n) is 3.12. The zero-order chi connectivity index (χ0) is 24.0. The molecular weight excluding hydrogens is 551 g/mol. The van der Waals surface area contributed by atoms with Gasteiger partial charge in [-0.3, -0.25) is 4.79 Å². The highest BCUT2D eigenvalue weighted by Crippen LogP contribution is 2.35. The second kappa shape index (κ2) is 11.2. The second-order valence-electron chi connectivity index (χ2n) is 7.40. The second-order valence-corrected chi connectivity index (χ2v) is 8.99. The highest BCUT2D eigenvalue weighted by atomic mass is 127. The average molecular weight is 573 g/mol. The summed E-state index contributed by atoms with van der Waals surface area (Å²) in [6, 6.07) is 18.8. The van der Waals surface area contributed by atoms with Crippen molar-refractivity contribution >= 4 is 51.9 Å². The minimum absolute atomic E-state index is 0.0126. The molecule has 3 rings (SSSR count). The molecule has 5 nitrogen and oxygen atoms in total. The Hall–Kier alpha value is -3.02. The van der Waals surface area contributed by atoms with Gasteiger partial charge in [0.2, 0.25) is 0 Å². The number of nitriles is 1. The Balaban J connectivity index is 1.84. The molecule has 0 unspecified atom stereocenters. The maximum atomic E-state index is 12.7. The van der Waals surface area contributed by atoms with Crippen molar-refractivity contribution in [2.75, 3.05) is 12.4 Å². The predicted octanol–water partition coefficient (Wildman–Crippen LogP) is 6.69. The van der Waals surface area contributed by atoms with Gasteiger partial charge >= 0.3 is 0 Å². The summed E-state index contributed by atoms with van der Waals surface area (Å²) in [5.74, 6) is 0.609. The third-order valence-corrected chi connectivity index (χ3v) is 5.88. The molecule has 0 bridgehead atoms. The quantitative estimate of drug-likeness (QED) is 0.194. The molecule has 7 heteroatoms. The van der Waals surface area contributed by atoms with Gasteiger partial charge in [0.15, 0.2) is 11.5 Å². The molecule has 0 atom stereocenters. The summed E-state index contributed by atoms with van der Waals surface area (Å²) in [5, 5.41) is 13.1. The average Bonchev–Trinajstić information content (AvgIpc) is 2.78. The molecule has 0 aromatic heterocycles. The minimum atomic E-state index is -0.471. The van der Waals surface area contributed by atoms with Crippen molar-refractivity contribution in [2.24, 2.45) is 0 Å². The minimum Gasteiger partial charge on any atom is -0.493 e. The maximum Gasteiger partial charge on any atom is 0.266 e. The molecule has 1 N–H and O–H groups in total. The fourth-order valence-corrected chi connectivity index (χ4v) is 4.11. The van der Waals surface area contributed by atoms with Gasteiger partial charge in [0.05, 0.1) is 10.7 Å². The maximum absolute atomic E-state index is 12.7. The van der Waals surface area contributed by atoms with Crippen LogP contribution in [0.15, 0.2) is 60.2 Å². The zero-order valence-corrected chi connectivity index (χ0v) is 21.3. The number of methoxy groups -OCH3 is 1. The van der Waals surface area contributed by atoms with Crippen LogP contribution in [0.5, 0.6) is 11.5 Å². The molecule has 0 fully saturated rings. The van der Waals surface area contributed by atoms with Crippen molar-refractivity contribution in [2.45, 2.75) is 20.5 Å². The lowest BCUT2D eigenvalue weighted by molar-refractivity contribution is -0.112. The predicted molar refractivity (Wildman–Crippen MR) is 140 cm³/mol. The van der Waals surface area contributed by atoms with Gasteiger partial charge in [-0.15, -0.1) is 0 Å². The Kier molecular flexibility index (Phi) is 8.37. The molecule has 168 valence electrons. The topological polar surface area (TPSA) is 71.3 Å². The van der Waals surface area contributed by atoms with Crippen LogP contribution in [0.4, 0.5) is 5.69 Å². The summed E-state index contributed by atoms with van der Waals surface area (Å²) in [5.41, 5.74) is 4.19. The molecule has 1 amide bonds. The standard InChI is InChI=1S/C26H22ClIN2O3/c1-16-7-8-17(2)23(9-16)30-26(31)20(14-29)10-19-12-22(28)25(24(13-19)32-3)33-15-18-5-4-6-21(27)11-18/h4-13H,15H2,1-3H3,(H,30,31)/b20-10+. The van der Waals surface area contributed by atoms with Crippen molar-refractivity contribution in [3.05, 3.63) is 91.0 Å². The van der Waals surface area contributed by atoms with Crippen LogP contribution in [-0.2, 0) is 11.4 Å². The molecule has 0 radical (unpaired) electrons. The summed E-state index contributed by atoms with van der Waals surface area (Å²) in [7, 11) is 1.55. The van der Waals surface area contributed by atoms with E-state index in [2.05, 4.69) is 27.9 Å². The van der Waals surface area contributed by atoms with Crippen molar-refractivity contribution < 1.29 is 14.3 Å². The number of amides is 1. The lowest BCUT2D eigenvalue weighted by Gasteiger charge is -2.14. The number of rotatable bonds is 7. The van der Waals surface area contributed by atoms with E-state index in [9.17, 15) is 10.1 Å². The number of aryl methyl sites for hydroxylation is 2. The first kappa shape index (κ1) is 24.6. The van der Waals surface area contributed by atoms with Crippen molar-refractivity contribution in [1.29, 1.82) is 5.26 Å². The van der Waals surface area contributed by atoms with Gasteiger partial charge in [-0.25, -0.2) is 0 Å². The van der Waals surface area contributed by atoms with Gasteiger partial charge in [-0.2, -0.15) is 5.26 Å². The Bertz CT molecular complexity index is 1260. The number of anilines is 1. The van der Waals surface area contributed by atoms with E-state index < -0.39 is 5.91 Å². The summed E-state index contributed by atoms with van der Waals surface area (Å²) in [6.07, 6.45) is 1.53. The lowest BCUT2D eigenvalue weighted by Crippen LogP contribution is -2.14. The van der Waals surface area contributed by atoms with Crippen LogP contribution in [0.25, 0.3) is 6.08 Å². The zero-order valence-electron chi connectivity index (χ0n) is 18.4. The lowest BCUT2D eigenvalue weighted by atomic mass is 10.1. The van der Waals surface area contributed by atoms with Crippen molar-refractivity contribution in [3.63, 3.8) is 0 Å². The molecule has 0 saturated carbocycles. The van der Waals surface area contributed by atoms with Crippen LogP contribution in [0, 0.1) is 28.7 Å². The van der Waals surface area contributed by atoms with Crippen molar-refractivity contribution in [3.8, 4) is 17.6 Å². The van der Waals surface area contributed by atoms with E-state index in [1.165, 1.54) is 6.08 Å². The Morgan fingerprint density at radius 3 is 2.67 bits per heavy atom. The smallest absolute Gasteiger partial charge is 0.266 e. The first-order valence-electron chi connectivity index (χ1n) is 10.1. The Morgan fingerprint density at radius 1 is 1.18 bits per heavy atom. The van der Waals surface area contributed by atoms with Crippen molar-refractivity contribution in [1.82, 2.24) is 0 Å². The molecule has 0 saturated heterocycles. The molecule has 0 heterocycles. The van der Waals surface area contributed by atoms with Gasteiger partial charge in [-0.1, -0.05) is 35.9 Å². The summed E-state index contributed by atoms with van der Waals surface area (Å²) >= 11 is 8.19. The number of hydrogen-bond donors (Lipinski definition) is 1. The van der Waals surface area contributed by atoms with Gasteiger partial charge in [-0.05, 0) is 95.1 Å². The van der Waals surface area contributed by atoms with Gasteiger partial charge in [0, 0.05) is 10.7 Å². The molecule has 3 aromatic rings. The van der Waals surface area contributed by atoms with E-state index in [-0.39, 0.29) is 5.57 Å². The van der Waals surface area contributed by atoms with E-state index in [1.54, 1.807) is 19.2 Å². The SMILES string of the molecule is COc1cc(/C=C(\C#N)C(=O)Nc2cc(C)ccc2C)cc(I)c1OCc1cccc(Cl)c1. The van der Waals surface area contributed by atoms with Gasteiger partial charge in [0.1, 0.15) is 18.2 Å². The van der Waals surface area contributed by atoms with Crippen LogP contribution in [0.3, 0.4) is 0 Å². The van der Waals surface area contributed by atoms with E-state index in [4.69, 9.17) is 21.1 Å². The first-order chi connectivity index (χ1) is 15.8. The summed E-state index contributed by atoms with van der Waals surface area (Å²) in [6.45, 7) is 4.17. The number of halogens is 2. The number of carbonyl (C=O) groups is 1. The number of nitrogens with one attached hydrogen (secondary N) is 1. The molecule has 0 spiro atoms. The van der Waals surface area contributed by atoms with E-state index in [0.717, 1.165) is 20.3 Å². The van der Waals surface area contributed by atoms with Crippen LogP contribution < -0.4 is 14.8 Å². The molecule has 0 aliphatic carbocycles. The van der Waals surface area contributed by atoms with E-state index in [0.29, 0.717) is 34.4 Å². The molecule has 0 aliphatic rings. The van der Waals surface area contributed by atoms with Crippen LogP contribution in [0.2, 0.25) is 5.02 Å².